The predicted molar refractivity (Wildman–Crippen MR) is 110 cm³/mol. The van der Waals surface area contributed by atoms with Gasteiger partial charge in [0, 0.05) is 38.4 Å². The number of rotatable bonds is 5. The van der Waals surface area contributed by atoms with Crippen LogP contribution in [-0.4, -0.2) is 48.7 Å². The first-order valence-corrected chi connectivity index (χ1v) is 9.57. The molecule has 0 radical (unpaired) electrons. The summed E-state index contributed by atoms with van der Waals surface area (Å²) < 4.78 is 12.7. The van der Waals surface area contributed by atoms with E-state index in [1.54, 1.807) is 47.0 Å². The van der Waals surface area contributed by atoms with Gasteiger partial charge in [-0.3, -0.25) is 9.59 Å². The Labute approximate surface area is 168 Å². The smallest absolute Gasteiger partial charge is 0.289 e. The van der Waals surface area contributed by atoms with E-state index in [4.69, 9.17) is 9.15 Å². The van der Waals surface area contributed by atoms with E-state index in [-0.39, 0.29) is 11.5 Å². The maximum absolute atomic E-state index is 12.8. The van der Waals surface area contributed by atoms with E-state index in [1.807, 2.05) is 24.3 Å². The van der Waals surface area contributed by atoms with Crippen molar-refractivity contribution in [2.24, 2.45) is 0 Å². The maximum Gasteiger partial charge on any atom is 0.289 e. The number of pyridine rings is 1. The molecule has 150 valence electrons. The van der Waals surface area contributed by atoms with Gasteiger partial charge < -0.3 is 23.5 Å². The fraction of sp³-hybridized carbons (Fsp3) is 0.273. The first-order chi connectivity index (χ1) is 14.2. The third-order valence-corrected chi connectivity index (χ3v) is 5.09. The van der Waals surface area contributed by atoms with Crippen molar-refractivity contribution >= 4 is 11.6 Å². The summed E-state index contributed by atoms with van der Waals surface area (Å²) in [6.45, 7) is 2.95. The van der Waals surface area contributed by atoms with E-state index in [9.17, 15) is 9.59 Å². The minimum atomic E-state index is -0.128. The van der Waals surface area contributed by atoms with E-state index < -0.39 is 0 Å². The van der Waals surface area contributed by atoms with Crippen LogP contribution < -0.4 is 15.2 Å². The summed E-state index contributed by atoms with van der Waals surface area (Å²) in [6, 6.07) is 16.3. The van der Waals surface area contributed by atoms with Crippen molar-refractivity contribution in [2.75, 3.05) is 38.2 Å². The first-order valence-electron chi connectivity index (χ1n) is 9.57. The Morgan fingerprint density at radius 1 is 1.00 bits per heavy atom. The number of furan rings is 1. The molecule has 0 spiro atoms. The van der Waals surface area contributed by atoms with Gasteiger partial charge in [0.2, 0.25) is 0 Å². The summed E-state index contributed by atoms with van der Waals surface area (Å²) in [5.41, 5.74) is 0.930. The van der Waals surface area contributed by atoms with E-state index >= 15 is 0 Å². The fourth-order valence-corrected chi connectivity index (χ4v) is 3.53. The molecule has 0 aliphatic carbocycles. The van der Waals surface area contributed by atoms with Crippen LogP contribution in [0.1, 0.15) is 16.3 Å². The average molecular weight is 393 g/mol. The predicted octanol–water partition coefficient (Wildman–Crippen LogP) is 2.46. The lowest BCUT2D eigenvalue weighted by Crippen LogP contribution is -2.48. The number of ether oxygens (including phenoxy) is 1. The van der Waals surface area contributed by atoms with Crippen LogP contribution in [0.15, 0.2) is 70.0 Å². The summed E-state index contributed by atoms with van der Waals surface area (Å²) in [4.78, 5) is 28.7. The Kier molecular flexibility index (Phi) is 5.37. The molecule has 3 aromatic rings. The van der Waals surface area contributed by atoms with Gasteiger partial charge in [-0.1, -0.05) is 18.2 Å². The Morgan fingerprint density at radius 3 is 2.52 bits per heavy atom. The van der Waals surface area contributed by atoms with Crippen LogP contribution in [0.3, 0.4) is 0 Å². The third kappa shape index (κ3) is 4.03. The molecule has 0 saturated carbocycles. The van der Waals surface area contributed by atoms with Crippen LogP contribution in [0.4, 0.5) is 5.69 Å². The third-order valence-electron chi connectivity index (χ3n) is 5.09. The van der Waals surface area contributed by atoms with Crippen molar-refractivity contribution in [1.29, 1.82) is 0 Å². The Bertz CT molecular complexity index is 1050. The Balaban J connectivity index is 1.39. The topological polar surface area (TPSA) is 67.9 Å². The molecule has 1 aliphatic heterocycles. The first kappa shape index (κ1) is 18.9. The summed E-state index contributed by atoms with van der Waals surface area (Å²) in [6.07, 6.45) is 1.70. The lowest BCUT2D eigenvalue weighted by atomic mass is 10.2. The lowest BCUT2D eigenvalue weighted by Gasteiger charge is -2.36. The molecule has 1 aromatic carbocycles. The number of para-hydroxylation sites is 2. The molecule has 1 saturated heterocycles. The molecule has 1 aliphatic rings. The van der Waals surface area contributed by atoms with Crippen molar-refractivity contribution in [3.05, 3.63) is 82.7 Å². The number of carbonyl (C=O) groups excluding carboxylic acids is 1. The molecule has 4 rings (SSSR count). The number of anilines is 1. The van der Waals surface area contributed by atoms with Gasteiger partial charge in [0.15, 0.2) is 5.76 Å². The highest BCUT2D eigenvalue weighted by Crippen LogP contribution is 2.28. The molecular formula is C22H23N3O4. The zero-order valence-electron chi connectivity index (χ0n) is 16.3. The molecule has 0 bridgehead atoms. The molecule has 1 fully saturated rings. The van der Waals surface area contributed by atoms with Gasteiger partial charge in [-0.2, -0.15) is 0 Å². The summed E-state index contributed by atoms with van der Waals surface area (Å²) >= 11 is 0. The molecule has 1 amide bonds. The zero-order valence-corrected chi connectivity index (χ0v) is 16.3. The SMILES string of the molecule is COc1ccccc1N1CCN(C(=O)c2ccc(Cn3ccccc3=O)o2)CC1. The number of carbonyl (C=O) groups is 1. The van der Waals surface area contributed by atoms with Crippen LogP contribution in [0.25, 0.3) is 0 Å². The Morgan fingerprint density at radius 2 is 1.76 bits per heavy atom. The van der Waals surface area contributed by atoms with E-state index in [0.717, 1.165) is 24.5 Å². The number of benzene rings is 1. The van der Waals surface area contributed by atoms with Gasteiger partial charge in [-0.15, -0.1) is 0 Å². The molecule has 7 heteroatoms. The number of hydrogen-bond acceptors (Lipinski definition) is 5. The number of piperazine rings is 1. The quantitative estimate of drug-likeness (QED) is 0.666. The van der Waals surface area contributed by atoms with Crippen molar-refractivity contribution < 1.29 is 13.9 Å². The largest absolute Gasteiger partial charge is 0.495 e. The average Bonchev–Trinajstić information content (AvgIpc) is 3.23. The molecule has 0 unspecified atom stereocenters. The summed E-state index contributed by atoms with van der Waals surface area (Å²) in [7, 11) is 1.66. The summed E-state index contributed by atoms with van der Waals surface area (Å²) in [5.74, 6) is 1.58. The molecule has 3 heterocycles. The number of amides is 1. The summed E-state index contributed by atoms with van der Waals surface area (Å²) in [5, 5.41) is 0. The van der Waals surface area contributed by atoms with E-state index in [0.29, 0.717) is 31.2 Å². The number of methoxy groups -OCH3 is 1. The van der Waals surface area contributed by atoms with Crippen LogP contribution in [0.5, 0.6) is 5.75 Å². The molecule has 2 aromatic heterocycles. The van der Waals surface area contributed by atoms with E-state index in [2.05, 4.69) is 4.90 Å². The minimum absolute atomic E-state index is 0.107. The van der Waals surface area contributed by atoms with Gasteiger partial charge in [-0.25, -0.2) is 0 Å². The van der Waals surface area contributed by atoms with Crippen molar-refractivity contribution in [1.82, 2.24) is 9.47 Å². The van der Waals surface area contributed by atoms with Crippen molar-refractivity contribution in [3.63, 3.8) is 0 Å². The van der Waals surface area contributed by atoms with E-state index in [1.165, 1.54) is 6.07 Å². The molecule has 7 nitrogen and oxygen atoms in total. The van der Waals surface area contributed by atoms with Crippen molar-refractivity contribution in [2.45, 2.75) is 6.54 Å². The lowest BCUT2D eigenvalue weighted by molar-refractivity contribution is 0.0712. The monoisotopic (exact) mass is 393 g/mol. The normalized spacial score (nSPS) is 14.1. The van der Waals surface area contributed by atoms with Crippen LogP contribution >= 0.6 is 0 Å². The highest BCUT2D eigenvalue weighted by molar-refractivity contribution is 5.91. The number of aromatic nitrogens is 1. The second-order valence-electron chi connectivity index (χ2n) is 6.88. The second kappa shape index (κ2) is 8.26. The minimum Gasteiger partial charge on any atom is -0.495 e. The highest BCUT2D eigenvalue weighted by atomic mass is 16.5. The van der Waals surface area contributed by atoms with Crippen LogP contribution in [-0.2, 0) is 6.54 Å². The van der Waals surface area contributed by atoms with Gasteiger partial charge >= 0.3 is 0 Å². The van der Waals surface area contributed by atoms with Gasteiger partial charge in [0.1, 0.15) is 11.5 Å². The zero-order chi connectivity index (χ0) is 20.2. The Hall–Kier alpha value is -3.48. The fourth-order valence-electron chi connectivity index (χ4n) is 3.53. The maximum atomic E-state index is 12.8. The standard InChI is InChI=1S/C22H23N3O4/c1-28-19-7-3-2-6-18(19)23-12-14-24(15-13-23)22(27)20-10-9-17(29-20)16-25-11-5-4-8-21(25)26/h2-11H,12-16H2,1H3. The molecule has 0 atom stereocenters. The second-order valence-corrected chi connectivity index (χ2v) is 6.88. The van der Waals surface area contributed by atoms with Crippen LogP contribution in [0, 0.1) is 0 Å². The number of nitrogens with zero attached hydrogens (tertiary/aromatic N) is 3. The van der Waals surface area contributed by atoms with Crippen molar-refractivity contribution in [3.8, 4) is 5.75 Å². The van der Waals surface area contributed by atoms with Gasteiger partial charge in [-0.05, 0) is 30.3 Å². The molecular weight excluding hydrogens is 370 g/mol. The highest BCUT2D eigenvalue weighted by Gasteiger charge is 2.25. The number of hydrogen-bond donors (Lipinski definition) is 0. The van der Waals surface area contributed by atoms with Crippen LogP contribution in [0.2, 0.25) is 0 Å². The molecule has 0 N–H and O–H groups in total. The van der Waals surface area contributed by atoms with Gasteiger partial charge in [0.05, 0.1) is 19.3 Å². The van der Waals surface area contributed by atoms with Gasteiger partial charge in [0.25, 0.3) is 11.5 Å². The molecule has 29 heavy (non-hydrogen) atoms.